The Balaban J connectivity index is 1.45. The van der Waals surface area contributed by atoms with Crippen LogP contribution in [0.5, 0.6) is 11.6 Å². The SMILES string of the molecule is Nc1ncccc1-c1cc(Cc2ccc(Oc3cccc(Cl)c3)nc2)no1. The maximum atomic E-state index is 5.95. The minimum atomic E-state index is 0.407. The van der Waals surface area contributed by atoms with E-state index in [0.29, 0.717) is 34.7 Å². The summed E-state index contributed by atoms with van der Waals surface area (Å²) >= 11 is 5.95. The third-order valence-corrected chi connectivity index (χ3v) is 4.10. The van der Waals surface area contributed by atoms with Gasteiger partial charge in [-0.2, -0.15) is 0 Å². The lowest BCUT2D eigenvalue weighted by Crippen LogP contribution is -1.92. The van der Waals surface area contributed by atoms with E-state index in [2.05, 4.69) is 15.1 Å². The Hall–Kier alpha value is -3.38. The zero-order chi connectivity index (χ0) is 18.6. The molecule has 3 heterocycles. The molecule has 4 rings (SSSR count). The average Bonchev–Trinajstić information content (AvgIpc) is 3.12. The zero-order valence-corrected chi connectivity index (χ0v) is 14.9. The van der Waals surface area contributed by atoms with Gasteiger partial charge >= 0.3 is 0 Å². The first-order chi connectivity index (χ1) is 13.2. The standard InChI is InChI=1S/C20H15ClN4O2/c21-14-3-1-4-16(10-14)26-19-7-6-13(12-24-19)9-15-11-18(27-25-15)17-5-2-8-23-20(17)22/h1-8,10-12H,9H2,(H2,22,23). The molecule has 0 unspecified atom stereocenters. The summed E-state index contributed by atoms with van der Waals surface area (Å²) < 4.78 is 11.1. The first-order valence-electron chi connectivity index (χ1n) is 8.22. The number of nitrogens with zero attached hydrogens (tertiary/aromatic N) is 3. The number of nitrogens with two attached hydrogens (primary N) is 1. The number of halogens is 1. The zero-order valence-electron chi connectivity index (χ0n) is 14.2. The Kier molecular flexibility index (Phi) is 4.72. The summed E-state index contributed by atoms with van der Waals surface area (Å²) in [6.45, 7) is 0. The normalized spacial score (nSPS) is 10.7. The highest BCUT2D eigenvalue weighted by Crippen LogP contribution is 2.26. The van der Waals surface area contributed by atoms with Crippen molar-refractivity contribution >= 4 is 17.4 Å². The molecule has 0 aliphatic carbocycles. The van der Waals surface area contributed by atoms with E-state index >= 15 is 0 Å². The van der Waals surface area contributed by atoms with E-state index < -0.39 is 0 Å². The molecule has 0 saturated carbocycles. The molecule has 6 nitrogen and oxygen atoms in total. The predicted octanol–water partition coefficient (Wildman–Crippen LogP) is 4.75. The summed E-state index contributed by atoms with van der Waals surface area (Å²) in [7, 11) is 0. The van der Waals surface area contributed by atoms with Crippen LogP contribution in [0.1, 0.15) is 11.3 Å². The molecule has 0 spiro atoms. The summed E-state index contributed by atoms with van der Waals surface area (Å²) in [5, 5.41) is 4.71. The Morgan fingerprint density at radius 3 is 2.74 bits per heavy atom. The van der Waals surface area contributed by atoms with Gasteiger partial charge in [0.2, 0.25) is 5.88 Å². The van der Waals surface area contributed by atoms with Gasteiger partial charge in [-0.05, 0) is 35.9 Å². The maximum absolute atomic E-state index is 5.95. The van der Waals surface area contributed by atoms with Gasteiger partial charge in [0, 0.05) is 36.0 Å². The molecule has 7 heteroatoms. The van der Waals surface area contributed by atoms with Crippen LogP contribution in [0.25, 0.3) is 11.3 Å². The van der Waals surface area contributed by atoms with Crippen LogP contribution in [0.3, 0.4) is 0 Å². The van der Waals surface area contributed by atoms with Crippen molar-refractivity contribution in [2.75, 3.05) is 5.73 Å². The van der Waals surface area contributed by atoms with Gasteiger partial charge in [-0.3, -0.25) is 0 Å². The average molecular weight is 379 g/mol. The first-order valence-corrected chi connectivity index (χ1v) is 8.60. The molecule has 4 aromatic rings. The molecule has 134 valence electrons. The molecule has 0 atom stereocenters. The van der Waals surface area contributed by atoms with Gasteiger partial charge in [0.15, 0.2) is 5.76 Å². The molecule has 0 radical (unpaired) electrons. The van der Waals surface area contributed by atoms with Crippen molar-refractivity contribution in [1.82, 2.24) is 15.1 Å². The number of anilines is 1. The molecule has 0 fully saturated rings. The lowest BCUT2D eigenvalue weighted by atomic mass is 10.1. The fourth-order valence-electron chi connectivity index (χ4n) is 2.58. The second kappa shape index (κ2) is 7.47. The molecule has 0 saturated heterocycles. The van der Waals surface area contributed by atoms with E-state index in [4.69, 9.17) is 26.6 Å². The fraction of sp³-hybridized carbons (Fsp3) is 0.0500. The van der Waals surface area contributed by atoms with Gasteiger partial charge in [-0.1, -0.05) is 28.9 Å². The topological polar surface area (TPSA) is 87.1 Å². The Labute approximate surface area is 160 Å². The second-order valence-electron chi connectivity index (χ2n) is 5.86. The fourth-order valence-corrected chi connectivity index (χ4v) is 2.76. The third-order valence-electron chi connectivity index (χ3n) is 3.86. The number of benzene rings is 1. The van der Waals surface area contributed by atoms with Gasteiger partial charge in [-0.15, -0.1) is 0 Å². The van der Waals surface area contributed by atoms with Crippen molar-refractivity contribution in [2.45, 2.75) is 6.42 Å². The molecule has 3 aromatic heterocycles. The molecular weight excluding hydrogens is 364 g/mol. The van der Waals surface area contributed by atoms with E-state index in [1.165, 1.54) is 0 Å². The number of pyridine rings is 2. The van der Waals surface area contributed by atoms with Crippen LogP contribution < -0.4 is 10.5 Å². The van der Waals surface area contributed by atoms with Crippen LogP contribution >= 0.6 is 11.6 Å². The minimum Gasteiger partial charge on any atom is -0.439 e. The van der Waals surface area contributed by atoms with Crippen molar-refractivity contribution in [3.8, 4) is 23.0 Å². The molecule has 0 aliphatic heterocycles. The van der Waals surface area contributed by atoms with E-state index in [0.717, 1.165) is 16.8 Å². The highest BCUT2D eigenvalue weighted by Gasteiger charge is 2.11. The molecule has 2 N–H and O–H groups in total. The van der Waals surface area contributed by atoms with Crippen molar-refractivity contribution in [1.29, 1.82) is 0 Å². The molecule has 27 heavy (non-hydrogen) atoms. The smallest absolute Gasteiger partial charge is 0.219 e. The van der Waals surface area contributed by atoms with Gasteiger partial charge in [0.05, 0.1) is 11.3 Å². The highest BCUT2D eigenvalue weighted by molar-refractivity contribution is 6.30. The van der Waals surface area contributed by atoms with Crippen LogP contribution in [-0.2, 0) is 6.42 Å². The number of ether oxygens (including phenoxy) is 1. The largest absolute Gasteiger partial charge is 0.439 e. The van der Waals surface area contributed by atoms with Crippen molar-refractivity contribution in [3.63, 3.8) is 0 Å². The number of hydrogen-bond donors (Lipinski definition) is 1. The second-order valence-corrected chi connectivity index (χ2v) is 6.30. The van der Waals surface area contributed by atoms with Crippen LogP contribution in [0.15, 0.2) is 71.5 Å². The molecule has 0 amide bonds. The summed E-state index contributed by atoms with van der Waals surface area (Å²) in [6.07, 6.45) is 3.95. The molecular formula is C20H15ClN4O2. The van der Waals surface area contributed by atoms with Crippen molar-refractivity contribution < 1.29 is 9.26 Å². The maximum Gasteiger partial charge on any atom is 0.219 e. The van der Waals surface area contributed by atoms with Gasteiger partial charge in [0.25, 0.3) is 0 Å². The van der Waals surface area contributed by atoms with Gasteiger partial charge in [0.1, 0.15) is 11.6 Å². The van der Waals surface area contributed by atoms with E-state index in [1.807, 2.05) is 30.3 Å². The lowest BCUT2D eigenvalue weighted by Gasteiger charge is -2.05. The summed E-state index contributed by atoms with van der Waals surface area (Å²) in [4.78, 5) is 8.38. The van der Waals surface area contributed by atoms with Crippen LogP contribution in [0, 0.1) is 0 Å². The Morgan fingerprint density at radius 2 is 1.96 bits per heavy atom. The number of hydrogen-bond acceptors (Lipinski definition) is 6. The lowest BCUT2D eigenvalue weighted by molar-refractivity contribution is 0.425. The van der Waals surface area contributed by atoms with Crippen molar-refractivity contribution in [3.05, 3.63) is 83.3 Å². The number of aromatic nitrogens is 3. The van der Waals surface area contributed by atoms with Gasteiger partial charge in [-0.25, -0.2) is 9.97 Å². The van der Waals surface area contributed by atoms with Crippen molar-refractivity contribution in [2.24, 2.45) is 0 Å². The van der Waals surface area contributed by atoms with Crippen LogP contribution in [0.4, 0.5) is 5.82 Å². The summed E-state index contributed by atoms with van der Waals surface area (Å²) in [5.74, 6) is 2.12. The monoisotopic (exact) mass is 378 g/mol. The number of rotatable bonds is 5. The minimum absolute atomic E-state index is 0.407. The highest BCUT2D eigenvalue weighted by atomic mass is 35.5. The van der Waals surface area contributed by atoms with E-state index in [-0.39, 0.29) is 0 Å². The molecule has 0 aliphatic rings. The number of nitrogen functional groups attached to an aromatic ring is 1. The predicted molar refractivity (Wildman–Crippen MR) is 103 cm³/mol. The Morgan fingerprint density at radius 1 is 1.04 bits per heavy atom. The van der Waals surface area contributed by atoms with E-state index in [1.54, 1.807) is 36.7 Å². The Bertz CT molecular complexity index is 1060. The van der Waals surface area contributed by atoms with Crippen LogP contribution in [0.2, 0.25) is 5.02 Å². The quantitative estimate of drug-likeness (QED) is 0.539. The van der Waals surface area contributed by atoms with E-state index in [9.17, 15) is 0 Å². The third kappa shape index (κ3) is 4.07. The molecule has 1 aromatic carbocycles. The molecule has 0 bridgehead atoms. The summed E-state index contributed by atoms with van der Waals surface area (Å²) in [5.41, 5.74) is 8.35. The first kappa shape index (κ1) is 17.1. The van der Waals surface area contributed by atoms with Gasteiger partial charge < -0.3 is 15.0 Å². The summed E-state index contributed by atoms with van der Waals surface area (Å²) in [6, 6.07) is 16.4. The van der Waals surface area contributed by atoms with Crippen LogP contribution in [-0.4, -0.2) is 15.1 Å².